The van der Waals surface area contributed by atoms with E-state index in [9.17, 15) is 9.50 Å². The van der Waals surface area contributed by atoms with E-state index in [1.165, 1.54) is 5.56 Å². The highest BCUT2D eigenvalue weighted by atomic mass is 19.1. The maximum absolute atomic E-state index is 13.6. The highest BCUT2D eigenvalue weighted by molar-refractivity contribution is 5.42. The quantitative estimate of drug-likeness (QED) is 0.789. The van der Waals surface area contributed by atoms with E-state index in [1.54, 1.807) is 19.0 Å². The van der Waals surface area contributed by atoms with Gasteiger partial charge in [0.05, 0.1) is 6.20 Å². The van der Waals surface area contributed by atoms with Gasteiger partial charge in [-0.3, -0.25) is 0 Å². The molecule has 6 nitrogen and oxygen atoms in total. The first kappa shape index (κ1) is 19.9. The smallest absolute Gasteiger partial charge is 0.224 e. The third kappa shape index (κ3) is 5.56. The van der Waals surface area contributed by atoms with Gasteiger partial charge in [-0.15, -0.1) is 0 Å². The fraction of sp³-hybridized carbons (Fsp3) is 0.474. The molecule has 0 spiro atoms. The Hall–Kier alpha value is -2.41. The van der Waals surface area contributed by atoms with Crippen LogP contribution >= 0.6 is 0 Å². The molecule has 2 N–H and O–H groups in total. The second kappa shape index (κ2) is 8.31. The third-order valence-corrected chi connectivity index (χ3v) is 3.81. The Morgan fingerprint density at radius 3 is 2.46 bits per heavy atom. The van der Waals surface area contributed by atoms with Crippen molar-refractivity contribution in [3.05, 3.63) is 41.8 Å². The predicted molar refractivity (Wildman–Crippen MR) is 101 cm³/mol. The molecule has 1 aromatic carbocycles. The summed E-state index contributed by atoms with van der Waals surface area (Å²) in [7, 11) is 3.39. The zero-order valence-electron chi connectivity index (χ0n) is 16.0. The van der Waals surface area contributed by atoms with Crippen LogP contribution in [0.15, 0.2) is 30.5 Å². The molecule has 1 unspecified atom stereocenters. The minimum absolute atomic E-state index is 0.0858. The Bertz CT molecular complexity index is 714. The van der Waals surface area contributed by atoms with Crippen molar-refractivity contribution in [3.8, 4) is 5.75 Å². The van der Waals surface area contributed by atoms with Gasteiger partial charge in [0.1, 0.15) is 18.5 Å². The Morgan fingerprint density at radius 2 is 1.88 bits per heavy atom. The molecular formula is C19H27FN4O2. The van der Waals surface area contributed by atoms with Gasteiger partial charge >= 0.3 is 0 Å². The number of rotatable bonds is 7. The summed E-state index contributed by atoms with van der Waals surface area (Å²) in [5.41, 5.74) is 1.31. The van der Waals surface area contributed by atoms with E-state index in [2.05, 4.69) is 36.1 Å². The number of hydrogen-bond acceptors (Lipinski definition) is 6. The first-order valence-corrected chi connectivity index (χ1v) is 8.52. The normalized spacial score (nSPS) is 12.6. The zero-order chi connectivity index (χ0) is 19.3. The Kier molecular flexibility index (Phi) is 6.37. The van der Waals surface area contributed by atoms with Gasteiger partial charge in [0.25, 0.3) is 0 Å². The summed E-state index contributed by atoms with van der Waals surface area (Å²) in [6.07, 6.45) is 0.346. The minimum atomic E-state index is -0.756. The van der Waals surface area contributed by atoms with Crippen molar-refractivity contribution < 1.29 is 14.2 Å². The maximum Gasteiger partial charge on any atom is 0.224 e. The molecule has 1 aromatic heterocycles. The number of benzene rings is 1. The summed E-state index contributed by atoms with van der Waals surface area (Å²) >= 11 is 0. The van der Waals surface area contributed by atoms with E-state index >= 15 is 0 Å². The summed E-state index contributed by atoms with van der Waals surface area (Å²) in [6, 6.07) is 7.84. The Balaban J connectivity index is 1.84. The summed E-state index contributed by atoms with van der Waals surface area (Å²) in [5, 5.41) is 12.9. The van der Waals surface area contributed by atoms with Crippen molar-refractivity contribution in [2.75, 3.05) is 37.5 Å². The number of anilines is 2. The molecule has 1 atom stereocenters. The SMILES string of the molecule is CN(C)c1nc(NCC(O)COc2ccc(C(C)(C)C)cc2)ncc1F. The monoisotopic (exact) mass is 362 g/mol. The molecule has 0 saturated carbocycles. The number of aliphatic hydroxyl groups excluding tert-OH is 1. The van der Waals surface area contributed by atoms with E-state index in [1.807, 2.05) is 24.3 Å². The average Bonchev–Trinajstić information content (AvgIpc) is 2.58. The molecule has 0 aliphatic carbocycles. The molecule has 0 saturated heterocycles. The molecule has 7 heteroatoms. The lowest BCUT2D eigenvalue weighted by atomic mass is 9.87. The van der Waals surface area contributed by atoms with Gasteiger partial charge in [-0.2, -0.15) is 4.98 Å². The van der Waals surface area contributed by atoms with Crippen molar-refractivity contribution >= 4 is 11.8 Å². The van der Waals surface area contributed by atoms with Crippen LogP contribution in [0.2, 0.25) is 0 Å². The standard InChI is InChI=1S/C19H27FN4O2/c1-19(2,3)13-6-8-15(9-7-13)26-12-14(25)10-21-18-22-11-16(20)17(23-18)24(4)5/h6-9,11,14,25H,10,12H2,1-5H3,(H,21,22,23). The van der Waals surface area contributed by atoms with E-state index in [0.29, 0.717) is 5.75 Å². The van der Waals surface area contributed by atoms with E-state index in [4.69, 9.17) is 4.74 Å². The number of nitrogens with one attached hydrogen (secondary N) is 1. The fourth-order valence-corrected chi connectivity index (χ4v) is 2.27. The van der Waals surface area contributed by atoms with Gasteiger partial charge in [0.15, 0.2) is 11.6 Å². The van der Waals surface area contributed by atoms with Crippen LogP contribution in [0, 0.1) is 5.82 Å². The molecule has 0 radical (unpaired) electrons. The van der Waals surface area contributed by atoms with Crippen LogP contribution in [0.3, 0.4) is 0 Å². The van der Waals surface area contributed by atoms with Crippen LogP contribution in [-0.2, 0) is 5.41 Å². The molecule has 0 fully saturated rings. The molecule has 26 heavy (non-hydrogen) atoms. The van der Waals surface area contributed by atoms with Crippen molar-refractivity contribution in [3.63, 3.8) is 0 Å². The Labute approximate surface area is 154 Å². The number of nitrogens with zero attached hydrogens (tertiary/aromatic N) is 3. The number of aromatic nitrogens is 2. The third-order valence-electron chi connectivity index (χ3n) is 3.81. The van der Waals surface area contributed by atoms with Gasteiger partial charge in [-0.05, 0) is 23.1 Å². The minimum Gasteiger partial charge on any atom is -0.491 e. The van der Waals surface area contributed by atoms with Crippen LogP contribution in [0.4, 0.5) is 16.2 Å². The molecule has 2 aromatic rings. The topological polar surface area (TPSA) is 70.5 Å². The summed E-state index contributed by atoms with van der Waals surface area (Å²) in [5.74, 6) is 0.643. The van der Waals surface area contributed by atoms with E-state index in [0.717, 1.165) is 6.20 Å². The highest BCUT2D eigenvalue weighted by Crippen LogP contribution is 2.24. The molecule has 0 aliphatic rings. The first-order chi connectivity index (χ1) is 12.2. The van der Waals surface area contributed by atoms with Crippen LogP contribution in [0.5, 0.6) is 5.75 Å². The zero-order valence-corrected chi connectivity index (χ0v) is 16.0. The van der Waals surface area contributed by atoms with Crippen molar-refractivity contribution in [1.29, 1.82) is 0 Å². The van der Waals surface area contributed by atoms with Crippen LogP contribution in [0.1, 0.15) is 26.3 Å². The molecule has 1 heterocycles. The summed E-state index contributed by atoms with van der Waals surface area (Å²) in [4.78, 5) is 9.50. The van der Waals surface area contributed by atoms with Gasteiger partial charge in [-0.1, -0.05) is 32.9 Å². The van der Waals surface area contributed by atoms with Gasteiger partial charge < -0.3 is 20.1 Å². The van der Waals surface area contributed by atoms with Gasteiger partial charge in [0, 0.05) is 20.6 Å². The maximum atomic E-state index is 13.6. The fourth-order valence-electron chi connectivity index (χ4n) is 2.27. The predicted octanol–water partition coefficient (Wildman–Crippen LogP) is 2.83. The van der Waals surface area contributed by atoms with Gasteiger partial charge in [0.2, 0.25) is 5.95 Å². The molecule has 0 amide bonds. The Morgan fingerprint density at radius 1 is 1.23 bits per heavy atom. The average molecular weight is 362 g/mol. The molecule has 2 rings (SSSR count). The van der Waals surface area contributed by atoms with E-state index in [-0.39, 0.29) is 30.3 Å². The van der Waals surface area contributed by atoms with Crippen LogP contribution in [0.25, 0.3) is 0 Å². The lowest BCUT2D eigenvalue weighted by Gasteiger charge is -2.19. The van der Waals surface area contributed by atoms with Gasteiger partial charge in [-0.25, -0.2) is 9.37 Å². The lowest BCUT2D eigenvalue weighted by molar-refractivity contribution is 0.117. The number of aliphatic hydroxyl groups is 1. The first-order valence-electron chi connectivity index (χ1n) is 8.52. The molecule has 0 bridgehead atoms. The molecular weight excluding hydrogens is 335 g/mol. The van der Waals surface area contributed by atoms with Crippen molar-refractivity contribution in [1.82, 2.24) is 9.97 Å². The lowest BCUT2D eigenvalue weighted by Crippen LogP contribution is -2.27. The molecule has 0 aliphatic heterocycles. The van der Waals surface area contributed by atoms with E-state index < -0.39 is 11.9 Å². The number of hydrogen-bond donors (Lipinski definition) is 2. The second-order valence-electron chi connectivity index (χ2n) is 7.38. The van der Waals surface area contributed by atoms with Crippen molar-refractivity contribution in [2.45, 2.75) is 32.3 Å². The van der Waals surface area contributed by atoms with Crippen LogP contribution in [-0.4, -0.2) is 48.4 Å². The highest BCUT2D eigenvalue weighted by Gasteiger charge is 2.14. The van der Waals surface area contributed by atoms with Crippen LogP contribution < -0.4 is 15.0 Å². The molecule has 142 valence electrons. The summed E-state index contributed by atoms with van der Waals surface area (Å²) < 4.78 is 19.2. The second-order valence-corrected chi connectivity index (χ2v) is 7.38. The number of ether oxygens (including phenoxy) is 1. The van der Waals surface area contributed by atoms with Crippen molar-refractivity contribution in [2.24, 2.45) is 0 Å². The summed E-state index contributed by atoms with van der Waals surface area (Å²) in [6.45, 7) is 6.77. The number of halogens is 1. The largest absolute Gasteiger partial charge is 0.491 e.